The second kappa shape index (κ2) is 7.19. The fourth-order valence-corrected chi connectivity index (χ4v) is 2.50. The molecule has 11 heteroatoms. The summed E-state index contributed by atoms with van der Waals surface area (Å²) >= 11 is 3.99. The van der Waals surface area contributed by atoms with Crippen LogP contribution in [0.1, 0.15) is 11.1 Å². The maximum atomic E-state index is 13.0. The van der Waals surface area contributed by atoms with Crippen molar-refractivity contribution in [3.63, 3.8) is 0 Å². The maximum Gasteiger partial charge on any atom is 0.416 e. The summed E-state index contributed by atoms with van der Waals surface area (Å²) in [5, 5.41) is 4.07. The van der Waals surface area contributed by atoms with Gasteiger partial charge in [-0.2, -0.15) is 13.2 Å². The minimum atomic E-state index is -4.53. The Bertz CT molecular complexity index is 1020. The first-order valence-electron chi connectivity index (χ1n) is 7.34. The number of hydrogen-bond donors (Lipinski definition) is 2. The Kier molecular flexibility index (Phi) is 4.95. The molecule has 3 rings (SSSR count). The molecule has 1 aromatic carbocycles. The summed E-state index contributed by atoms with van der Waals surface area (Å²) in [6.45, 7) is 0. The third kappa shape index (κ3) is 4.31. The molecule has 2 aromatic heterocycles. The van der Waals surface area contributed by atoms with E-state index in [1.165, 1.54) is 42.0 Å². The van der Waals surface area contributed by atoms with Crippen molar-refractivity contribution in [3.8, 4) is 11.4 Å². The van der Waals surface area contributed by atoms with Crippen molar-refractivity contribution < 1.29 is 18.0 Å². The van der Waals surface area contributed by atoms with E-state index in [1.54, 1.807) is 0 Å². The van der Waals surface area contributed by atoms with Crippen LogP contribution in [0.5, 0.6) is 0 Å². The van der Waals surface area contributed by atoms with E-state index >= 15 is 0 Å². The van der Waals surface area contributed by atoms with Crippen molar-refractivity contribution >= 4 is 30.3 Å². The Labute approximate surface area is 156 Å². The number of carbonyl (C=O) groups excluding carboxylic acids is 1. The average Bonchev–Trinajstić information content (AvgIpc) is 3.08. The highest BCUT2D eigenvalue weighted by Gasteiger charge is 2.31. The second-order valence-corrected chi connectivity index (χ2v) is 5.87. The van der Waals surface area contributed by atoms with E-state index < -0.39 is 17.6 Å². The molecule has 0 unspecified atom stereocenters. The predicted molar refractivity (Wildman–Crippen MR) is 93.1 cm³/mol. The number of alkyl halides is 3. The molecule has 0 saturated heterocycles. The highest BCUT2D eigenvalue weighted by molar-refractivity contribution is 7.80. The molecule has 0 aliphatic heterocycles. The van der Waals surface area contributed by atoms with Gasteiger partial charge in [-0.3, -0.25) is 4.79 Å². The molecule has 0 spiro atoms. The molecule has 0 radical (unpaired) electrons. The van der Waals surface area contributed by atoms with E-state index in [9.17, 15) is 18.0 Å². The number of primary amides is 1. The lowest BCUT2D eigenvalue weighted by atomic mass is 10.1. The number of amides is 1. The van der Waals surface area contributed by atoms with Gasteiger partial charge in [0.05, 0.1) is 11.1 Å². The van der Waals surface area contributed by atoms with Gasteiger partial charge in [0.15, 0.2) is 5.82 Å². The topological polar surface area (TPSA) is 99.6 Å². The SMILES string of the molecule is NC(=O)/C(=C/n1cnc(-c2cc(S)cc(C(F)(F)F)c2)n1)c1cncnc1. The first-order chi connectivity index (χ1) is 12.7. The number of thiol groups is 1. The van der Waals surface area contributed by atoms with E-state index in [4.69, 9.17) is 5.73 Å². The Balaban J connectivity index is 2.00. The summed E-state index contributed by atoms with van der Waals surface area (Å²) in [5.74, 6) is -0.723. The monoisotopic (exact) mass is 392 g/mol. The molecule has 7 nitrogen and oxygen atoms in total. The Morgan fingerprint density at radius 1 is 1.19 bits per heavy atom. The number of aromatic nitrogens is 5. The predicted octanol–water partition coefficient (Wildman–Crippen LogP) is 2.53. The highest BCUT2D eigenvalue weighted by atomic mass is 32.1. The first kappa shape index (κ1) is 18.6. The summed E-state index contributed by atoms with van der Waals surface area (Å²) in [5.41, 5.74) is 5.05. The fourth-order valence-electron chi connectivity index (χ4n) is 2.22. The minimum absolute atomic E-state index is 0.0285. The van der Waals surface area contributed by atoms with Crippen LogP contribution in [0.2, 0.25) is 0 Å². The van der Waals surface area contributed by atoms with Crippen LogP contribution < -0.4 is 5.73 Å². The molecule has 138 valence electrons. The molecular formula is C16H11F3N6OS. The zero-order chi connectivity index (χ0) is 19.6. The van der Waals surface area contributed by atoms with Crippen LogP contribution >= 0.6 is 12.6 Å². The normalized spacial score (nSPS) is 12.2. The number of carbonyl (C=O) groups is 1. The zero-order valence-corrected chi connectivity index (χ0v) is 14.3. The minimum Gasteiger partial charge on any atom is -0.366 e. The lowest BCUT2D eigenvalue weighted by molar-refractivity contribution is -0.137. The summed E-state index contributed by atoms with van der Waals surface area (Å²) < 4.78 is 40.1. The molecule has 1 amide bonds. The third-order valence-corrected chi connectivity index (χ3v) is 3.67. The van der Waals surface area contributed by atoms with Gasteiger partial charge in [0, 0.05) is 34.6 Å². The molecule has 27 heavy (non-hydrogen) atoms. The van der Waals surface area contributed by atoms with Gasteiger partial charge in [-0.05, 0) is 18.2 Å². The van der Waals surface area contributed by atoms with E-state index in [-0.39, 0.29) is 21.9 Å². The van der Waals surface area contributed by atoms with Gasteiger partial charge in [0.1, 0.15) is 12.7 Å². The van der Waals surface area contributed by atoms with Crippen molar-refractivity contribution in [1.29, 1.82) is 0 Å². The van der Waals surface area contributed by atoms with Crippen LogP contribution in [0.25, 0.3) is 23.2 Å². The van der Waals surface area contributed by atoms with Crippen molar-refractivity contribution in [2.75, 3.05) is 0 Å². The molecule has 0 fully saturated rings. The average molecular weight is 392 g/mol. The van der Waals surface area contributed by atoms with Crippen LogP contribution in [0.15, 0.2) is 48.1 Å². The van der Waals surface area contributed by atoms with E-state index in [1.807, 2.05) is 0 Å². The number of nitrogens with two attached hydrogens (primary N) is 1. The number of nitrogens with zero attached hydrogens (tertiary/aromatic N) is 5. The number of benzene rings is 1. The molecule has 3 aromatic rings. The molecule has 0 aliphatic rings. The number of halogens is 3. The quantitative estimate of drug-likeness (QED) is 0.525. The molecule has 2 heterocycles. The van der Waals surface area contributed by atoms with Gasteiger partial charge in [0.2, 0.25) is 0 Å². The Morgan fingerprint density at radius 3 is 2.52 bits per heavy atom. The molecule has 0 bridgehead atoms. The lowest BCUT2D eigenvalue weighted by Gasteiger charge is -2.08. The van der Waals surface area contributed by atoms with Crippen molar-refractivity contribution in [3.05, 3.63) is 54.4 Å². The highest BCUT2D eigenvalue weighted by Crippen LogP contribution is 2.33. The largest absolute Gasteiger partial charge is 0.416 e. The second-order valence-electron chi connectivity index (χ2n) is 5.35. The van der Waals surface area contributed by atoms with Crippen LogP contribution in [0.4, 0.5) is 13.2 Å². The van der Waals surface area contributed by atoms with Crippen LogP contribution in [0, 0.1) is 0 Å². The first-order valence-corrected chi connectivity index (χ1v) is 7.78. The van der Waals surface area contributed by atoms with Crippen molar-refractivity contribution in [2.24, 2.45) is 5.73 Å². The molecule has 0 atom stereocenters. The zero-order valence-electron chi connectivity index (χ0n) is 13.4. The molecule has 0 saturated carbocycles. The van der Waals surface area contributed by atoms with E-state index in [0.29, 0.717) is 5.56 Å². The van der Waals surface area contributed by atoms with Gasteiger partial charge in [0.25, 0.3) is 5.91 Å². The van der Waals surface area contributed by atoms with Crippen LogP contribution in [0.3, 0.4) is 0 Å². The standard InChI is InChI=1S/C16H11F3N6OS/c17-16(18,19)11-1-9(2-12(27)3-11)15-23-8-25(24-15)6-13(14(20)26)10-4-21-7-22-5-10/h1-8,27H,(H2,20,26)/b13-6+. The molecular weight excluding hydrogens is 381 g/mol. The van der Waals surface area contributed by atoms with Crippen molar-refractivity contribution in [2.45, 2.75) is 11.1 Å². The molecule has 2 N–H and O–H groups in total. The Hall–Kier alpha value is -3.21. The summed E-state index contributed by atoms with van der Waals surface area (Å²) in [4.78, 5) is 23.4. The van der Waals surface area contributed by atoms with Gasteiger partial charge in [-0.25, -0.2) is 19.6 Å². The van der Waals surface area contributed by atoms with E-state index in [2.05, 4.69) is 32.7 Å². The smallest absolute Gasteiger partial charge is 0.366 e. The van der Waals surface area contributed by atoms with Gasteiger partial charge in [-0.1, -0.05) is 0 Å². The van der Waals surface area contributed by atoms with Gasteiger partial charge >= 0.3 is 6.18 Å². The fraction of sp³-hybridized carbons (Fsp3) is 0.0625. The molecule has 0 aliphatic carbocycles. The van der Waals surface area contributed by atoms with E-state index in [0.717, 1.165) is 12.1 Å². The Morgan fingerprint density at radius 2 is 1.89 bits per heavy atom. The summed E-state index contributed by atoms with van der Waals surface area (Å²) in [6, 6.07) is 3.23. The third-order valence-electron chi connectivity index (χ3n) is 3.41. The lowest BCUT2D eigenvalue weighted by Crippen LogP contribution is -2.14. The van der Waals surface area contributed by atoms with Crippen LogP contribution in [-0.2, 0) is 11.0 Å². The number of rotatable bonds is 4. The number of hydrogen-bond acceptors (Lipinski definition) is 6. The van der Waals surface area contributed by atoms with Crippen LogP contribution in [-0.4, -0.2) is 30.6 Å². The van der Waals surface area contributed by atoms with Gasteiger partial charge < -0.3 is 5.73 Å². The maximum absolute atomic E-state index is 13.0. The summed E-state index contributed by atoms with van der Waals surface area (Å²) in [6.07, 6.45) is 2.07. The van der Waals surface area contributed by atoms with Gasteiger partial charge in [-0.15, -0.1) is 17.7 Å². The van der Waals surface area contributed by atoms with Crippen molar-refractivity contribution in [1.82, 2.24) is 24.7 Å². The summed E-state index contributed by atoms with van der Waals surface area (Å²) in [7, 11) is 0.